The van der Waals surface area contributed by atoms with Crippen molar-refractivity contribution in [2.75, 3.05) is 6.61 Å². The zero-order chi connectivity index (χ0) is 8.10. The second-order valence-corrected chi connectivity index (χ2v) is 2.93. The third-order valence-corrected chi connectivity index (χ3v) is 1.79. The standard InChI is InChI=1S/C9H12OS/c1-2-7-10-8-5-3-4-6-9(8)11/h3-5H,2,6-7H2,1H3. The van der Waals surface area contributed by atoms with Gasteiger partial charge in [0.15, 0.2) is 0 Å². The second-order valence-electron chi connectivity index (χ2n) is 2.43. The van der Waals surface area contributed by atoms with Gasteiger partial charge in [-0.05, 0) is 12.5 Å². The summed E-state index contributed by atoms with van der Waals surface area (Å²) >= 11 is 5.10. The van der Waals surface area contributed by atoms with E-state index in [2.05, 4.69) is 6.92 Å². The van der Waals surface area contributed by atoms with E-state index in [1.54, 1.807) is 0 Å². The number of ether oxygens (including phenoxy) is 1. The predicted molar refractivity (Wildman–Crippen MR) is 50.7 cm³/mol. The van der Waals surface area contributed by atoms with Gasteiger partial charge in [0.25, 0.3) is 0 Å². The molecule has 0 aromatic heterocycles. The fourth-order valence-electron chi connectivity index (χ4n) is 0.865. The van der Waals surface area contributed by atoms with Gasteiger partial charge in [-0.3, -0.25) is 0 Å². The van der Waals surface area contributed by atoms with Gasteiger partial charge in [0.2, 0.25) is 0 Å². The summed E-state index contributed by atoms with van der Waals surface area (Å²) in [6.07, 6.45) is 7.85. The lowest BCUT2D eigenvalue weighted by atomic mass is 10.1. The van der Waals surface area contributed by atoms with Crippen LogP contribution in [0.15, 0.2) is 24.0 Å². The van der Waals surface area contributed by atoms with Crippen LogP contribution >= 0.6 is 12.2 Å². The monoisotopic (exact) mass is 168 g/mol. The van der Waals surface area contributed by atoms with Crippen molar-refractivity contribution in [1.29, 1.82) is 0 Å². The van der Waals surface area contributed by atoms with E-state index in [0.717, 1.165) is 30.1 Å². The fourth-order valence-corrected chi connectivity index (χ4v) is 1.09. The summed E-state index contributed by atoms with van der Waals surface area (Å²) in [5.74, 6) is 0.879. The third-order valence-electron chi connectivity index (χ3n) is 1.42. The van der Waals surface area contributed by atoms with Gasteiger partial charge < -0.3 is 4.74 Å². The van der Waals surface area contributed by atoms with Gasteiger partial charge in [-0.1, -0.05) is 31.3 Å². The van der Waals surface area contributed by atoms with Crippen molar-refractivity contribution in [3.05, 3.63) is 24.0 Å². The van der Waals surface area contributed by atoms with Gasteiger partial charge in [0.05, 0.1) is 11.5 Å². The first kappa shape index (κ1) is 8.47. The van der Waals surface area contributed by atoms with Crippen molar-refractivity contribution in [3.8, 4) is 0 Å². The zero-order valence-corrected chi connectivity index (χ0v) is 7.49. The summed E-state index contributed by atoms with van der Waals surface area (Å²) in [7, 11) is 0. The molecule has 0 amide bonds. The lowest BCUT2D eigenvalue weighted by Gasteiger charge is -2.11. The molecular formula is C9H12OS. The van der Waals surface area contributed by atoms with Gasteiger partial charge in [-0.2, -0.15) is 0 Å². The normalized spacial score (nSPS) is 16.5. The quantitative estimate of drug-likeness (QED) is 0.599. The summed E-state index contributed by atoms with van der Waals surface area (Å²) in [6, 6.07) is 0. The molecule has 0 aromatic carbocycles. The minimum absolute atomic E-state index is 0.764. The van der Waals surface area contributed by atoms with Crippen LogP contribution in [0.2, 0.25) is 0 Å². The van der Waals surface area contributed by atoms with Crippen LogP contribution in [0.1, 0.15) is 19.8 Å². The Bertz CT molecular complexity index is 204. The van der Waals surface area contributed by atoms with Crippen LogP contribution in [0.3, 0.4) is 0 Å². The van der Waals surface area contributed by atoms with E-state index in [-0.39, 0.29) is 0 Å². The Balaban J connectivity index is 2.47. The van der Waals surface area contributed by atoms with Crippen LogP contribution in [0.5, 0.6) is 0 Å². The molecule has 0 unspecified atom stereocenters. The average Bonchev–Trinajstić information content (AvgIpc) is 2.03. The largest absolute Gasteiger partial charge is 0.492 e. The molecule has 1 aliphatic carbocycles. The van der Waals surface area contributed by atoms with Gasteiger partial charge in [-0.15, -0.1) is 0 Å². The van der Waals surface area contributed by atoms with E-state index in [1.807, 2.05) is 18.2 Å². The number of thiocarbonyl (C=S) groups is 1. The van der Waals surface area contributed by atoms with Crippen LogP contribution in [-0.2, 0) is 4.74 Å². The van der Waals surface area contributed by atoms with E-state index < -0.39 is 0 Å². The first-order chi connectivity index (χ1) is 5.34. The molecule has 1 rings (SSSR count). The van der Waals surface area contributed by atoms with Gasteiger partial charge in [-0.25, -0.2) is 0 Å². The van der Waals surface area contributed by atoms with E-state index in [1.165, 1.54) is 0 Å². The maximum Gasteiger partial charge on any atom is 0.133 e. The highest BCUT2D eigenvalue weighted by molar-refractivity contribution is 7.80. The molecule has 0 heterocycles. The van der Waals surface area contributed by atoms with Crippen molar-refractivity contribution < 1.29 is 4.74 Å². The number of hydrogen-bond acceptors (Lipinski definition) is 2. The molecule has 0 spiro atoms. The molecule has 0 aliphatic heterocycles. The molecule has 1 nitrogen and oxygen atoms in total. The highest BCUT2D eigenvalue weighted by atomic mass is 32.1. The van der Waals surface area contributed by atoms with Crippen molar-refractivity contribution in [2.24, 2.45) is 0 Å². The molecule has 0 fully saturated rings. The Kier molecular flexibility index (Phi) is 3.30. The van der Waals surface area contributed by atoms with E-state index in [9.17, 15) is 0 Å². The maximum absolute atomic E-state index is 5.41. The molecule has 60 valence electrons. The van der Waals surface area contributed by atoms with E-state index >= 15 is 0 Å². The summed E-state index contributed by atoms with van der Waals surface area (Å²) in [5, 5.41) is 0. The van der Waals surface area contributed by atoms with Crippen LogP contribution in [-0.4, -0.2) is 11.5 Å². The minimum Gasteiger partial charge on any atom is -0.492 e. The fraction of sp³-hybridized carbons (Fsp3) is 0.444. The Morgan fingerprint density at radius 1 is 1.64 bits per heavy atom. The van der Waals surface area contributed by atoms with Crippen molar-refractivity contribution >= 4 is 17.1 Å². The Hall–Kier alpha value is -0.630. The van der Waals surface area contributed by atoms with Crippen molar-refractivity contribution in [1.82, 2.24) is 0 Å². The smallest absolute Gasteiger partial charge is 0.133 e. The summed E-state index contributed by atoms with van der Waals surface area (Å²) in [4.78, 5) is 0.918. The molecule has 0 aromatic rings. The van der Waals surface area contributed by atoms with Crippen LogP contribution in [0, 0.1) is 0 Å². The summed E-state index contributed by atoms with van der Waals surface area (Å²) in [5.41, 5.74) is 0. The Morgan fingerprint density at radius 2 is 2.45 bits per heavy atom. The highest BCUT2D eigenvalue weighted by Gasteiger charge is 2.05. The second kappa shape index (κ2) is 4.29. The van der Waals surface area contributed by atoms with Crippen LogP contribution < -0.4 is 0 Å². The highest BCUT2D eigenvalue weighted by Crippen LogP contribution is 2.11. The zero-order valence-electron chi connectivity index (χ0n) is 6.67. The Morgan fingerprint density at radius 3 is 3.09 bits per heavy atom. The molecule has 0 saturated carbocycles. The third kappa shape index (κ3) is 2.46. The van der Waals surface area contributed by atoms with E-state index in [0.29, 0.717) is 0 Å². The molecule has 0 bridgehead atoms. The number of rotatable bonds is 3. The number of hydrogen-bond donors (Lipinski definition) is 0. The lowest BCUT2D eigenvalue weighted by Crippen LogP contribution is -2.05. The van der Waals surface area contributed by atoms with Crippen molar-refractivity contribution in [2.45, 2.75) is 19.8 Å². The summed E-state index contributed by atoms with van der Waals surface area (Å²) < 4.78 is 5.41. The van der Waals surface area contributed by atoms with Gasteiger partial charge >= 0.3 is 0 Å². The molecule has 0 saturated heterocycles. The van der Waals surface area contributed by atoms with Crippen molar-refractivity contribution in [3.63, 3.8) is 0 Å². The van der Waals surface area contributed by atoms with Crippen LogP contribution in [0.4, 0.5) is 0 Å². The number of allylic oxidation sites excluding steroid dienone is 4. The summed E-state index contributed by atoms with van der Waals surface area (Å²) in [6.45, 7) is 2.85. The topological polar surface area (TPSA) is 9.23 Å². The maximum atomic E-state index is 5.41. The molecule has 0 radical (unpaired) electrons. The average molecular weight is 168 g/mol. The minimum atomic E-state index is 0.764. The SMILES string of the molecule is CCCOC1=CC=CCC1=S. The van der Waals surface area contributed by atoms with Gasteiger partial charge in [0.1, 0.15) is 5.76 Å². The first-order valence-corrected chi connectivity index (χ1v) is 4.28. The molecule has 11 heavy (non-hydrogen) atoms. The van der Waals surface area contributed by atoms with Gasteiger partial charge in [0, 0.05) is 6.42 Å². The Labute approximate surface area is 72.7 Å². The molecule has 1 aliphatic rings. The van der Waals surface area contributed by atoms with Crippen LogP contribution in [0.25, 0.3) is 0 Å². The predicted octanol–water partition coefficient (Wildman–Crippen LogP) is 2.63. The lowest BCUT2D eigenvalue weighted by molar-refractivity contribution is 0.231. The molecule has 0 N–H and O–H groups in total. The molecule has 0 atom stereocenters. The molecular weight excluding hydrogens is 156 g/mol. The van der Waals surface area contributed by atoms with E-state index in [4.69, 9.17) is 17.0 Å². The first-order valence-electron chi connectivity index (χ1n) is 3.87. The molecule has 2 heteroatoms.